The van der Waals surface area contributed by atoms with Crippen molar-refractivity contribution in [2.45, 2.75) is 46.2 Å². The van der Waals surface area contributed by atoms with Crippen molar-refractivity contribution < 1.29 is 0 Å². The zero-order chi connectivity index (χ0) is 19.2. The van der Waals surface area contributed by atoms with Crippen LogP contribution in [0.5, 0.6) is 0 Å². The van der Waals surface area contributed by atoms with Crippen LogP contribution in [0.2, 0.25) is 0 Å². The summed E-state index contributed by atoms with van der Waals surface area (Å²) in [7, 11) is 0. The van der Waals surface area contributed by atoms with E-state index in [-0.39, 0.29) is 11.1 Å². The molecule has 3 N–H and O–H groups in total. The number of allylic oxidation sites excluding steroid dienone is 1. The van der Waals surface area contributed by atoms with Crippen molar-refractivity contribution in [2.24, 2.45) is 10.7 Å². The Morgan fingerprint density at radius 1 is 1.31 bits per heavy atom. The molecule has 7 heteroatoms. The number of aliphatic imine (C=N–C) groups is 1. The molecule has 0 saturated heterocycles. The molecular weight excluding hydrogens is 328 g/mol. The van der Waals surface area contributed by atoms with E-state index in [0.29, 0.717) is 23.8 Å². The van der Waals surface area contributed by atoms with Gasteiger partial charge in [0.15, 0.2) is 0 Å². The van der Waals surface area contributed by atoms with Crippen molar-refractivity contribution in [3.63, 3.8) is 0 Å². The van der Waals surface area contributed by atoms with Gasteiger partial charge in [0.1, 0.15) is 0 Å². The van der Waals surface area contributed by atoms with Crippen molar-refractivity contribution in [1.29, 1.82) is 0 Å². The van der Waals surface area contributed by atoms with E-state index in [0.717, 1.165) is 12.0 Å². The summed E-state index contributed by atoms with van der Waals surface area (Å²) >= 11 is 0. The average Bonchev–Trinajstić information content (AvgIpc) is 2.58. The van der Waals surface area contributed by atoms with Gasteiger partial charge in [-0.3, -0.25) is 9.79 Å². The Kier molecular flexibility index (Phi) is 6.27. The maximum atomic E-state index is 11.8. The SMILES string of the molecule is CCCn1cc(N=C/C(=C\N)c2cnc(NC(C)(C)C)nc2)ccc1=O. The molecule has 0 aliphatic heterocycles. The molecule has 0 amide bonds. The molecule has 0 unspecified atom stereocenters. The van der Waals surface area contributed by atoms with Gasteiger partial charge in [-0.2, -0.15) is 0 Å². The third kappa shape index (κ3) is 5.54. The van der Waals surface area contributed by atoms with Crippen molar-refractivity contribution in [3.8, 4) is 0 Å². The van der Waals surface area contributed by atoms with Crippen LogP contribution in [0.25, 0.3) is 5.57 Å². The number of pyridine rings is 1. The molecule has 0 spiro atoms. The van der Waals surface area contributed by atoms with Crippen LogP contribution in [0, 0.1) is 0 Å². The molecule has 138 valence electrons. The summed E-state index contributed by atoms with van der Waals surface area (Å²) in [5.74, 6) is 0.557. The van der Waals surface area contributed by atoms with E-state index >= 15 is 0 Å². The first-order chi connectivity index (χ1) is 12.3. The highest BCUT2D eigenvalue weighted by Gasteiger charge is 2.11. The van der Waals surface area contributed by atoms with Gasteiger partial charge in [0.2, 0.25) is 5.95 Å². The van der Waals surface area contributed by atoms with E-state index in [9.17, 15) is 4.79 Å². The Morgan fingerprint density at radius 2 is 2.00 bits per heavy atom. The fourth-order valence-electron chi connectivity index (χ4n) is 2.25. The van der Waals surface area contributed by atoms with Crippen LogP contribution < -0.4 is 16.6 Å². The summed E-state index contributed by atoms with van der Waals surface area (Å²) in [5.41, 5.74) is 7.73. The molecule has 0 atom stereocenters. The van der Waals surface area contributed by atoms with Crippen molar-refractivity contribution >= 4 is 23.4 Å². The number of hydrogen-bond donors (Lipinski definition) is 2. The standard InChI is InChI=1S/C19H26N6O/c1-5-8-25-13-16(6-7-17(25)26)21-10-14(9-20)15-11-22-18(23-12-15)24-19(2,3)4/h6-7,9-13H,5,8,20H2,1-4H3,(H,22,23,24)/b14-9+,21-10?. The van der Waals surface area contributed by atoms with Crippen LogP contribution in [-0.2, 0) is 6.54 Å². The molecular formula is C19H26N6O. The summed E-state index contributed by atoms with van der Waals surface area (Å²) in [6.45, 7) is 8.81. The Morgan fingerprint density at radius 3 is 2.58 bits per heavy atom. The molecule has 0 aromatic carbocycles. The van der Waals surface area contributed by atoms with E-state index in [2.05, 4.69) is 20.3 Å². The lowest BCUT2D eigenvalue weighted by molar-refractivity contribution is 0.626. The number of aromatic nitrogens is 3. The highest BCUT2D eigenvalue weighted by molar-refractivity contribution is 6.10. The molecule has 0 aliphatic rings. The quantitative estimate of drug-likeness (QED) is 0.777. The molecule has 0 bridgehead atoms. The summed E-state index contributed by atoms with van der Waals surface area (Å²) in [4.78, 5) is 24.8. The van der Waals surface area contributed by atoms with E-state index < -0.39 is 0 Å². The van der Waals surface area contributed by atoms with Crippen LogP contribution in [0.3, 0.4) is 0 Å². The highest BCUT2D eigenvalue weighted by atomic mass is 16.1. The van der Waals surface area contributed by atoms with Gasteiger partial charge in [0, 0.05) is 60.3 Å². The molecule has 2 aromatic heterocycles. The zero-order valence-electron chi connectivity index (χ0n) is 15.7. The third-order valence-corrected chi connectivity index (χ3v) is 3.44. The van der Waals surface area contributed by atoms with Gasteiger partial charge in [0.05, 0.1) is 5.69 Å². The van der Waals surface area contributed by atoms with E-state index in [1.165, 1.54) is 12.3 Å². The largest absolute Gasteiger partial charge is 0.404 e. The lowest BCUT2D eigenvalue weighted by Gasteiger charge is -2.20. The normalized spacial score (nSPS) is 12.5. The van der Waals surface area contributed by atoms with Gasteiger partial charge >= 0.3 is 0 Å². The number of nitrogens with zero attached hydrogens (tertiary/aromatic N) is 4. The Hall–Kier alpha value is -2.96. The lowest BCUT2D eigenvalue weighted by Crippen LogP contribution is -2.27. The Labute approximate surface area is 153 Å². The van der Waals surface area contributed by atoms with Gasteiger partial charge in [-0.15, -0.1) is 0 Å². The van der Waals surface area contributed by atoms with Gasteiger partial charge in [-0.1, -0.05) is 6.92 Å². The highest BCUT2D eigenvalue weighted by Crippen LogP contribution is 2.15. The lowest BCUT2D eigenvalue weighted by atomic mass is 10.1. The summed E-state index contributed by atoms with van der Waals surface area (Å²) < 4.78 is 1.65. The average molecular weight is 354 g/mol. The van der Waals surface area contributed by atoms with Gasteiger partial charge in [-0.25, -0.2) is 9.97 Å². The van der Waals surface area contributed by atoms with Gasteiger partial charge in [-0.05, 0) is 33.3 Å². The minimum absolute atomic E-state index is 0.0317. The first-order valence-corrected chi connectivity index (χ1v) is 8.59. The van der Waals surface area contributed by atoms with Crippen molar-refractivity contribution in [1.82, 2.24) is 14.5 Å². The predicted molar refractivity (Wildman–Crippen MR) is 107 cm³/mol. The fraction of sp³-hybridized carbons (Fsp3) is 0.368. The maximum absolute atomic E-state index is 11.8. The number of nitrogens with two attached hydrogens (primary N) is 1. The van der Waals surface area contributed by atoms with E-state index in [1.54, 1.807) is 35.4 Å². The second-order valence-electron chi connectivity index (χ2n) is 6.97. The minimum Gasteiger partial charge on any atom is -0.404 e. The zero-order valence-corrected chi connectivity index (χ0v) is 15.7. The van der Waals surface area contributed by atoms with Crippen molar-refractivity contribution in [2.75, 3.05) is 5.32 Å². The first kappa shape index (κ1) is 19.4. The molecule has 0 fully saturated rings. The molecule has 2 heterocycles. The Bertz CT molecular complexity index is 844. The fourth-order valence-corrected chi connectivity index (χ4v) is 2.25. The topological polar surface area (TPSA) is 98.2 Å². The second kappa shape index (κ2) is 8.42. The maximum Gasteiger partial charge on any atom is 0.250 e. The molecule has 2 rings (SSSR count). The minimum atomic E-state index is -0.114. The first-order valence-electron chi connectivity index (χ1n) is 8.59. The van der Waals surface area contributed by atoms with Gasteiger partial charge in [0.25, 0.3) is 5.56 Å². The van der Waals surface area contributed by atoms with Crippen LogP contribution in [0.4, 0.5) is 11.6 Å². The van der Waals surface area contributed by atoms with E-state index in [1.807, 2.05) is 27.7 Å². The van der Waals surface area contributed by atoms with Crippen LogP contribution in [-0.4, -0.2) is 26.3 Å². The third-order valence-electron chi connectivity index (χ3n) is 3.44. The monoisotopic (exact) mass is 354 g/mol. The molecule has 7 nitrogen and oxygen atoms in total. The summed E-state index contributed by atoms with van der Waals surface area (Å²) in [6.07, 6.45) is 9.12. The van der Waals surface area contributed by atoms with Crippen LogP contribution in [0.15, 0.2) is 46.7 Å². The molecule has 26 heavy (non-hydrogen) atoms. The number of hydrogen-bond acceptors (Lipinski definition) is 6. The molecule has 2 aromatic rings. The molecule has 0 aliphatic carbocycles. The number of anilines is 1. The predicted octanol–water partition coefficient (Wildman–Crippen LogP) is 2.96. The van der Waals surface area contributed by atoms with Gasteiger partial charge < -0.3 is 15.6 Å². The number of aryl methyl sites for hydroxylation is 1. The molecule has 0 radical (unpaired) electrons. The molecule has 0 saturated carbocycles. The van der Waals surface area contributed by atoms with Crippen LogP contribution in [0.1, 0.15) is 39.7 Å². The smallest absolute Gasteiger partial charge is 0.250 e. The summed E-state index contributed by atoms with van der Waals surface area (Å²) in [6, 6.07) is 3.20. The van der Waals surface area contributed by atoms with Crippen molar-refractivity contribution in [3.05, 3.63) is 52.8 Å². The number of rotatable bonds is 6. The van der Waals surface area contributed by atoms with Crippen LogP contribution >= 0.6 is 0 Å². The van der Waals surface area contributed by atoms with E-state index in [4.69, 9.17) is 5.73 Å². The second-order valence-corrected chi connectivity index (χ2v) is 6.97. The summed E-state index contributed by atoms with van der Waals surface area (Å²) in [5, 5.41) is 3.21. The number of nitrogens with one attached hydrogen (secondary N) is 1. The Balaban J connectivity index is 2.18.